The molecule has 2 aromatic rings. The molecule has 0 amide bonds. The molecule has 154 valence electrons. The number of aliphatic hydroxyl groups is 3. The van der Waals surface area contributed by atoms with Crippen LogP contribution in [0, 0.1) is 0 Å². The van der Waals surface area contributed by atoms with E-state index in [4.69, 9.17) is 0 Å². The van der Waals surface area contributed by atoms with E-state index < -0.39 is 11.9 Å². The molecule has 1 aromatic carbocycles. The molecule has 1 heterocycles. The van der Waals surface area contributed by atoms with Gasteiger partial charge in [-0.1, -0.05) is 51.1 Å². The molecule has 0 unspecified atom stereocenters. The van der Waals surface area contributed by atoms with Gasteiger partial charge in [0.15, 0.2) is 6.29 Å². The quantitative estimate of drug-likeness (QED) is 0.426. The predicted octanol–water partition coefficient (Wildman–Crippen LogP) is 5.64. The molecule has 3 N–H and O–H groups in total. The molecule has 0 aliphatic rings. The van der Waals surface area contributed by atoms with E-state index in [1.165, 1.54) is 21.6 Å². The van der Waals surface area contributed by atoms with Crippen molar-refractivity contribution in [3.63, 3.8) is 0 Å². The summed E-state index contributed by atoms with van der Waals surface area (Å²) in [4.78, 5) is 1.33. The second kappa shape index (κ2) is 10.9. The summed E-state index contributed by atoms with van der Waals surface area (Å²) in [5.74, 6) is 0. The summed E-state index contributed by atoms with van der Waals surface area (Å²) in [6.45, 7) is 6.30. The van der Waals surface area contributed by atoms with Gasteiger partial charge in [-0.05, 0) is 73.1 Å². The van der Waals surface area contributed by atoms with Crippen molar-refractivity contribution >= 4 is 16.9 Å². The predicted molar refractivity (Wildman–Crippen MR) is 118 cm³/mol. The fourth-order valence-corrected chi connectivity index (χ4v) is 4.42. The van der Waals surface area contributed by atoms with Crippen LogP contribution in [0.4, 0.5) is 0 Å². The van der Waals surface area contributed by atoms with Crippen LogP contribution in [0.1, 0.15) is 80.7 Å². The van der Waals surface area contributed by atoms with Gasteiger partial charge in [-0.25, -0.2) is 0 Å². The Labute approximate surface area is 173 Å². The summed E-state index contributed by atoms with van der Waals surface area (Å²) in [5.41, 5.74) is 3.90. The number of hydrogen-bond acceptors (Lipinski definition) is 4. The Hall–Kier alpha value is -1.46. The Morgan fingerprint density at radius 1 is 1.04 bits per heavy atom. The van der Waals surface area contributed by atoms with Crippen molar-refractivity contribution in [2.45, 2.75) is 77.6 Å². The molecule has 0 saturated heterocycles. The summed E-state index contributed by atoms with van der Waals surface area (Å²) >= 11 is 1.80. The van der Waals surface area contributed by atoms with Gasteiger partial charge in [0.05, 0.1) is 5.60 Å². The highest BCUT2D eigenvalue weighted by Crippen LogP contribution is 2.29. The molecule has 0 atom stereocenters. The molecule has 28 heavy (non-hydrogen) atoms. The van der Waals surface area contributed by atoms with Gasteiger partial charge in [-0.15, -0.1) is 11.3 Å². The lowest BCUT2D eigenvalue weighted by molar-refractivity contribution is -0.0424. The first kappa shape index (κ1) is 22.8. The zero-order chi connectivity index (χ0) is 20.6. The third-order valence-electron chi connectivity index (χ3n) is 5.65. The number of aliphatic hydroxyl groups excluding tert-OH is 1. The van der Waals surface area contributed by atoms with Crippen LogP contribution in [0.5, 0.6) is 0 Å². The fraction of sp³-hybridized carbons (Fsp3) is 0.500. The maximum Gasteiger partial charge on any atom is 0.178 e. The largest absolute Gasteiger partial charge is 0.390 e. The Morgan fingerprint density at radius 2 is 1.68 bits per heavy atom. The second-order valence-corrected chi connectivity index (χ2v) is 8.40. The first-order valence-corrected chi connectivity index (χ1v) is 11.2. The molecule has 0 radical (unpaired) electrons. The molecule has 0 aliphatic carbocycles. The summed E-state index contributed by atoms with van der Waals surface area (Å²) < 4.78 is 0. The van der Waals surface area contributed by atoms with Crippen LogP contribution in [-0.2, 0) is 12.8 Å². The molecule has 1 aromatic heterocycles. The van der Waals surface area contributed by atoms with Crippen LogP contribution in [0.3, 0.4) is 0 Å². The summed E-state index contributed by atoms with van der Waals surface area (Å²) in [6, 6.07) is 9.75. The van der Waals surface area contributed by atoms with Crippen molar-refractivity contribution in [1.82, 2.24) is 0 Å². The van der Waals surface area contributed by atoms with E-state index >= 15 is 0 Å². The monoisotopic (exact) mass is 402 g/mol. The van der Waals surface area contributed by atoms with E-state index in [1.54, 1.807) is 23.5 Å². The number of hydrogen-bond donors (Lipinski definition) is 3. The highest BCUT2D eigenvalue weighted by Gasteiger charge is 2.20. The molecular formula is C24H34O3S. The smallest absolute Gasteiger partial charge is 0.178 e. The lowest BCUT2D eigenvalue weighted by Crippen LogP contribution is -2.25. The van der Waals surface area contributed by atoms with Crippen molar-refractivity contribution in [2.75, 3.05) is 0 Å². The zero-order valence-corrected chi connectivity index (χ0v) is 18.1. The third-order valence-corrected chi connectivity index (χ3v) is 6.70. The molecule has 0 aliphatic heterocycles. The van der Waals surface area contributed by atoms with Crippen LogP contribution in [-0.4, -0.2) is 20.9 Å². The molecule has 0 saturated carbocycles. The minimum atomic E-state index is -1.40. The average Bonchev–Trinajstić information content (AvgIpc) is 3.18. The van der Waals surface area contributed by atoms with E-state index in [2.05, 4.69) is 38.3 Å². The van der Waals surface area contributed by atoms with E-state index in [-0.39, 0.29) is 0 Å². The second-order valence-electron chi connectivity index (χ2n) is 7.49. The van der Waals surface area contributed by atoms with Gasteiger partial charge in [0.2, 0.25) is 0 Å². The van der Waals surface area contributed by atoms with Gasteiger partial charge in [0.1, 0.15) is 0 Å². The third kappa shape index (κ3) is 6.56. The van der Waals surface area contributed by atoms with Gasteiger partial charge < -0.3 is 15.3 Å². The van der Waals surface area contributed by atoms with E-state index in [9.17, 15) is 15.3 Å². The zero-order valence-electron chi connectivity index (χ0n) is 17.3. The number of aryl methyl sites for hydroxylation is 2. The normalized spacial score (nSPS) is 12.8. The van der Waals surface area contributed by atoms with E-state index in [1.807, 2.05) is 12.1 Å². The van der Waals surface area contributed by atoms with Crippen molar-refractivity contribution in [2.24, 2.45) is 0 Å². The molecule has 4 heteroatoms. The van der Waals surface area contributed by atoms with E-state index in [0.29, 0.717) is 5.56 Å². The van der Waals surface area contributed by atoms with Crippen molar-refractivity contribution in [1.29, 1.82) is 0 Å². The highest BCUT2D eigenvalue weighted by atomic mass is 32.1. The van der Waals surface area contributed by atoms with Crippen LogP contribution in [0.15, 0.2) is 41.8 Å². The minimum absolute atomic E-state index is 0.525. The SMILES string of the molecule is CCC(=CCCC(O)(CC)CC)c1cc(CCc2ccc(C(O)O)cc2)cs1. The number of allylic oxidation sites excluding steroid dienone is 2. The maximum atomic E-state index is 10.5. The van der Waals surface area contributed by atoms with Gasteiger partial charge >= 0.3 is 0 Å². The lowest BCUT2D eigenvalue weighted by Gasteiger charge is -2.24. The number of thiophene rings is 1. The summed E-state index contributed by atoms with van der Waals surface area (Å²) in [5, 5.41) is 31.0. The van der Waals surface area contributed by atoms with Crippen molar-refractivity contribution in [3.05, 3.63) is 63.4 Å². The van der Waals surface area contributed by atoms with Gasteiger partial charge in [-0.2, -0.15) is 0 Å². The first-order valence-electron chi connectivity index (χ1n) is 10.3. The molecule has 0 spiro atoms. The Kier molecular flexibility index (Phi) is 8.90. The first-order chi connectivity index (χ1) is 13.4. The summed E-state index contributed by atoms with van der Waals surface area (Å²) in [6.07, 6.45) is 7.15. The Bertz CT molecular complexity index is 739. The number of rotatable bonds is 11. The summed E-state index contributed by atoms with van der Waals surface area (Å²) in [7, 11) is 0. The van der Waals surface area contributed by atoms with Crippen LogP contribution in [0.25, 0.3) is 5.57 Å². The van der Waals surface area contributed by atoms with Gasteiger partial charge in [-0.3, -0.25) is 0 Å². The minimum Gasteiger partial charge on any atom is -0.390 e. The van der Waals surface area contributed by atoms with Crippen molar-refractivity contribution < 1.29 is 15.3 Å². The van der Waals surface area contributed by atoms with Gasteiger partial charge in [0, 0.05) is 10.4 Å². The molecule has 0 fully saturated rings. The standard InChI is InChI=1S/C24H34O3S/c1-4-20(8-7-15-24(27,5-2)6-3)22-16-19(17-28-22)10-9-18-11-13-21(14-12-18)23(25)26/h8,11-14,16-17,23,25-27H,4-7,9-10,15H2,1-3H3. The van der Waals surface area contributed by atoms with Gasteiger partial charge in [0.25, 0.3) is 0 Å². The van der Waals surface area contributed by atoms with Crippen LogP contribution >= 0.6 is 11.3 Å². The van der Waals surface area contributed by atoms with Crippen molar-refractivity contribution in [3.8, 4) is 0 Å². The lowest BCUT2D eigenvalue weighted by atomic mass is 9.91. The fourth-order valence-electron chi connectivity index (χ4n) is 3.36. The molecule has 2 rings (SSSR count). The maximum absolute atomic E-state index is 10.5. The highest BCUT2D eigenvalue weighted by molar-refractivity contribution is 7.11. The Morgan fingerprint density at radius 3 is 2.25 bits per heavy atom. The Balaban J connectivity index is 1.94. The van der Waals surface area contributed by atoms with Crippen LogP contribution in [0.2, 0.25) is 0 Å². The van der Waals surface area contributed by atoms with Crippen LogP contribution < -0.4 is 0 Å². The average molecular weight is 403 g/mol. The topological polar surface area (TPSA) is 60.7 Å². The molecule has 0 bridgehead atoms. The molecular weight excluding hydrogens is 368 g/mol. The molecule has 3 nitrogen and oxygen atoms in total. The number of benzene rings is 1. The van der Waals surface area contributed by atoms with E-state index in [0.717, 1.165) is 44.9 Å².